The summed E-state index contributed by atoms with van der Waals surface area (Å²) >= 11 is 0. The lowest BCUT2D eigenvalue weighted by molar-refractivity contribution is -0.133. The second kappa shape index (κ2) is 12.1. The molecular formula is C24H36N2O7. The number of ether oxygens (including phenoxy) is 2. The molecule has 0 spiro atoms. The standard InChI is InChI=1S/C23H32N2O6.CH4O/c1-14(2)9-18(21(28)23(12-26)13-31-23)25-20(27)11-24-22(29)16-8-7-15-5-4-6-19(30-3)17(15)10-16;1-2/h4-6,14,16,18,26H,7-13H2,1-3H3,(H,24,29)(H,25,27);2H,1H3. The zero-order valence-electron chi connectivity index (χ0n) is 19.8. The van der Waals surface area contributed by atoms with Crippen LogP contribution in [0.1, 0.15) is 37.8 Å². The van der Waals surface area contributed by atoms with E-state index in [0.717, 1.165) is 24.8 Å². The Labute approximate surface area is 194 Å². The highest BCUT2D eigenvalue weighted by molar-refractivity contribution is 5.97. The molecule has 1 fully saturated rings. The van der Waals surface area contributed by atoms with Crippen molar-refractivity contribution in [1.29, 1.82) is 0 Å². The fraction of sp³-hybridized carbons (Fsp3) is 0.625. The number of Topliss-reactive ketones (excluding diaryl/α,β-unsaturated/α-hetero) is 1. The summed E-state index contributed by atoms with van der Waals surface area (Å²) in [6.45, 7) is 3.45. The molecule has 9 heteroatoms. The Hall–Kier alpha value is -2.49. The maximum absolute atomic E-state index is 12.7. The van der Waals surface area contributed by atoms with Crippen molar-refractivity contribution in [3.8, 4) is 5.75 Å². The van der Waals surface area contributed by atoms with E-state index in [1.54, 1.807) is 7.11 Å². The molecule has 4 N–H and O–H groups in total. The van der Waals surface area contributed by atoms with Gasteiger partial charge in [-0.3, -0.25) is 14.4 Å². The smallest absolute Gasteiger partial charge is 0.239 e. The van der Waals surface area contributed by atoms with E-state index in [4.69, 9.17) is 14.6 Å². The van der Waals surface area contributed by atoms with E-state index in [1.807, 2.05) is 32.0 Å². The Morgan fingerprint density at radius 1 is 1.27 bits per heavy atom. The second-order valence-electron chi connectivity index (χ2n) is 8.81. The van der Waals surface area contributed by atoms with Gasteiger partial charge in [0.05, 0.1) is 32.9 Å². The lowest BCUT2D eigenvalue weighted by atomic mass is 9.83. The first-order valence-electron chi connectivity index (χ1n) is 11.3. The number of carbonyl (C=O) groups is 3. The first kappa shape index (κ1) is 26.8. The van der Waals surface area contributed by atoms with Gasteiger partial charge in [0.25, 0.3) is 0 Å². The van der Waals surface area contributed by atoms with Crippen LogP contribution in [-0.4, -0.2) is 73.4 Å². The van der Waals surface area contributed by atoms with Crippen molar-refractivity contribution < 1.29 is 34.1 Å². The van der Waals surface area contributed by atoms with Gasteiger partial charge in [-0.1, -0.05) is 26.0 Å². The van der Waals surface area contributed by atoms with Gasteiger partial charge in [0, 0.05) is 13.0 Å². The Morgan fingerprint density at radius 3 is 2.55 bits per heavy atom. The van der Waals surface area contributed by atoms with Crippen LogP contribution in [0.2, 0.25) is 0 Å². The summed E-state index contributed by atoms with van der Waals surface area (Å²) in [4.78, 5) is 37.8. The summed E-state index contributed by atoms with van der Waals surface area (Å²) in [5, 5.41) is 21.9. The summed E-state index contributed by atoms with van der Waals surface area (Å²) in [6, 6.07) is 5.13. The third kappa shape index (κ3) is 6.75. The zero-order chi connectivity index (χ0) is 24.6. The molecule has 2 aliphatic rings. The van der Waals surface area contributed by atoms with Gasteiger partial charge >= 0.3 is 0 Å². The van der Waals surface area contributed by atoms with E-state index in [0.29, 0.717) is 19.3 Å². The van der Waals surface area contributed by atoms with E-state index < -0.39 is 24.2 Å². The number of hydrogen-bond acceptors (Lipinski definition) is 7. The molecule has 0 bridgehead atoms. The minimum atomic E-state index is -1.19. The van der Waals surface area contributed by atoms with Crippen LogP contribution < -0.4 is 15.4 Å². The molecule has 1 aromatic carbocycles. The highest BCUT2D eigenvalue weighted by Gasteiger charge is 2.54. The van der Waals surface area contributed by atoms with Gasteiger partial charge in [0.1, 0.15) is 5.75 Å². The normalized spacial score (nSPS) is 21.7. The molecule has 0 radical (unpaired) electrons. The number of epoxide rings is 1. The lowest BCUT2D eigenvalue weighted by Gasteiger charge is -2.25. The van der Waals surface area contributed by atoms with E-state index in [-0.39, 0.29) is 36.7 Å². The van der Waals surface area contributed by atoms with E-state index in [1.165, 1.54) is 5.56 Å². The van der Waals surface area contributed by atoms with Crippen LogP contribution in [0.4, 0.5) is 0 Å². The third-order valence-electron chi connectivity index (χ3n) is 6.01. The molecule has 33 heavy (non-hydrogen) atoms. The molecule has 1 aliphatic heterocycles. The molecule has 1 aliphatic carbocycles. The predicted octanol–water partition coefficient (Wildman–Crippen LogP) is 0.386. The Balaban J connectivity index is 0.00000187. The van der Waals surface area contributed by atoms with Crippen molar-refractivity contribution in [1.82, 2.24) is 10.6 Å². The fourth-order valence-electron chi connectivity index (χ4n) is 4.15. The van der Waals surface area contributed by atoms with Crippen molar-refractivity contribution in [2.75, 3.05) is 34.0 Å². The molecule has 0 saturated carbocycles. The number of ketones is 1. The van der Waals surface area contributed by atoms with Gasteiger partial charge < -0.3 is 30.3 Å². The zero-order valence-corrected chi connectivity index (χ0v) is 19.8. The molecular weight excluding hydrogens is 428 g/mol. The summed E-state index contributed by atoms with van der Waals surface area (Å²) in [7, 11) is 2.62. The van der Waals surface area contributed by atoms with Crippen LogP contribution in [0.15, 0.2) is 18.2 Å². The lowest BCUT2D eigenvalue weighted by Crippen LogP contribution is -2.51. The molecule has 3 rings (SSSR count). The van der Waals surface area contributed by atoms with Crippen LogP contribution >= 0.6 is 0 Å². The average Bonchev–Trinajstić information content (AvgIpc) is 3.63. The minimum absolute atomic E-state index is 0.163. The van der Waals surface area contributed by atoms with E-state index >= 15 is 0 Å². The second-order valence-corrected chi connectivity index (χ2v) is 8.81. The molecule has 3 atom stereocenters. The van der Waals surface area contributed by atoms with Gasteiger partial charge in [0.15, 0.2) is 11.4 Å². The fourth-order valence-corrected chi connectivity index (χ4v) is 4.15. The first-order valence-corrected chi connectivity index (χ1v) is 11.3. The van der Waals surface area contributed by atoms with Gasteiger partial charge in [-0.05, 0) is 48.8 Å². The topological polar surface area (TPSA) is 137 Å². The van der Waals surface area contributed by atoms with Crippen molar-refractivity contribution in [2.45, 2.75) is 51.2 Å². The number of amides is 2. The van der Waals surface area contributed by atoms with Crippen LogP contribution in [0.25, 0.3) is 0 Å². The van der Waals surface area contributed by atoms with E-state index in [2.05, 4.69) is 10.6 Å². The van der Waals surface area contributed by atoms with Gasteiger partial charge in [-0.25, -0.2) is 0 Å². The molecule has 9 nitrogen and oxygen atoms in total. The minimum Gasteiger partial charge on any atom is -0.496 e. The van der Waals surface area contributed by atoms with Gasteiger partial charge in [0.2, 0.25) is 11.8 Å². The van der Waals surface area contributed by atoms with Crippen molar-refractivity contribution in [3.63, 3.8) is 0 Å². The Bertz CT molecular complexity index is 822. The number of aliphatic hydroxyl groups is 2. The van der Waals surface area contributed by atoms with Crippen molar-refractivity contribution >= 4 is 17.6 Å². The average molecular weight is 465 g/mol. The summed E-state index contributed by atoms with van der Waals surface area (Å²) < 4.78 is 10.6. The van der Waals surface area contributed by atoms with E-state index in [9.17, 15) is 19.5 Å². The SMILES string of the molecule is CO.COc1cccc2c1CC(C(=O)NCC(=O)NC(CC(C)C)C(=O)C1(CO)CO1)CC2. The highest BCUT2D eigenvalue weighted by Crippen LogP contribution is 2.32. The van der Waals surface area contributed by atoms with Crippen molar-refractivity contribution in [3.05, 3.63) is 29.3 Å². The number of aliphatic hydroxyl groups excluding tert-OH is 2. The van der Waals surface area contributed by atoms with Gasteiger partial charge in [-0.2, -0.15) is 0 Å². The molecule has 1 saturated heterocycles. The molecule has 184 valence electrons. The number of aryl methyl sites for hydroxylation is 1. The maximum Gasteiger partial charge on any atom is 0.239 e. The Kier molecular flexibility index (Phi) is 9.82. The number of fused-ring (bicyclic) bond motifs is 1. The molecule has 3 unspecified atom stereocenters. The Morgan fingerprint density at radius 2 is 1.97 bits per heavy atom. The van der Waals surface area contributed by atoms with Crippen LogP contribution in [0, 0.1) is 11.8 Å². The molecule has 2 amide bonds. The third-order valence-corrected chi connectivity index (χ3v) is 6.01. The number of benzene rings is 1. The largest absolute Gasteiger partial charge is 0.496 e. The number of nitrogens with one attached hydrogen (secondary N) is 2. The van der Waals surface area contributed by atoms with Crippen LogP contribution in [0.5, 0.6) is 5.75 Å². The van der Waals surface area contributed by atoms with Crippen molar-refractivity contribution in [2.24, 2.45) is 11.8 Å². The van der Waals surface area contributed by atoms with Crippen LogP contribution in [0.3, 0.4) is 0 Å². The molecule has 1 heterocycles. The highest BCUT2D eigenvalue weighted by atomic mass is 16.6. The number of rotatable bonds is 10. The number of carbonyl (C=O) groups excluding carboxylic acids is 3. The van der Waals surface area contributed by atoms with Crippen LogP contribution in [-0.2, 0) is 32.0 Å². The number of hydrogen-bond donors (Lipinski definition) is 4. The monoisotopic (exact) mass is 464 g/mol. The summed E-state index contributed by atoms with van der Waals surface area (Å²) in [5.41, 5.74) is 1.04. The quantitative estimate of drug-likeness (QED) is 0.368. The summed E-state index contributed by atoms with van der Waals surface area (Å²) in [6.07, 6.45) is 2.49. The predicted molar refractivity (Wildman–Crippen MR) is 122 cm³/mol. The summed E-state index contributed by atoms with van der Waals surface area (Å²) in [5.74, 6) is -0.231. The first-order chi connectivity index (χ1) is 15.8. The maximum atomic E-state index is 12.7. The number of methoxy groups -OCH3 is 1. The molecule has 1 aromatic rings. The molecule has 0 aromatic heterocycles. The van der Waals surface area contributed by atoms with Gasteiger partial charge in [-0.15, -0.1) is 0 Å².